The molecule has 1 N–H and O–H groups in total. The molecule has 0 aromatic heterocycles. The van der Waals surface area contributed by atoms with Crippen molar-refractivity contribution < 1.29 is 13.9 Å². The van der Waals surface area contributed by atoms with Crippen molar-refractivity contribution in [2.75, 3.05) is 6.61 Å². The van der Waals surface area contributed by atoms with Crippen LogP contribution in [-0.2, 0) is 4.79 Å². The molecule has 5 heteroatoms. The highest BCUT2D eigenvalue weighted by Gasteiger charge is 2.22. The summed E-state index contributed by atoms with van der Waals surface area (Å²) in [6, 6.07) is 4.90. The van der Waals surface area contributed by atoms with Crippen molar-refractivity contribution in [2.24, 2.45) is 0 Å². The zero-order valence-corrected chi connectivity index (χ0v) is 10.8. The lowest BCUT2D eigenvalue weighted by molar-refractivity contribution is -0.121. The number of rotatable bonds is 5. The summed E-state index contributed by atoms with van der Waals surface area (Å²) in [5.41, 5.74) is 0. The van der Waals surface area contributed by atoms with E-state index in [2.05, 4.69) is 21.2 Å². The van der Waals surface area contributed by atoms with Gasteiger partial charge < -0.3 is 10.1 Å². The van der Waals surface area contributed by atoms with Crippen LogP contribution in [0.25, 0.3) is 0 Å². The van der Waals surface area contributed by atoms with Gasteiger partial charge in [0.15, 0.2) is 0 Å². The Morgan fingerprint density at radius 1 is 1.53 bits per heavy atom. The molecular weight excluding hydrogens is 289 g/mol. The van der Waals surface area contributed by atoms with Gasteiger partial charge in [-0.1, -0.05) is 0 Å². The molecule has 1 aliphatic carbocycles. The second kappa shape index (κ2) is 5.49. The lowest BCUT2D eigenvalue weighted by Crippen LogP contribution is -2.26. The highest BCUT2D eigenvalue weighted by atomic mass is 79.9. The predicted octanol–water partition coefficient (Wildman–Crippen LogP) is 2.64. The Kier molecular flexibility index (Phi) is 3.99. The number of ether oxygens (including phenoxy) is 1. The molecule has 17 heavy (non-hydrogen) atoms. The van der Waals surface area contributed by atoms with E-state index in [-0.39, 0.29) is 18.3 Å². The molecule has 1 saturated carbocycles. The maximum absolute atomic E-state index is 13.1. The van der Waals surface area contributed by atoms with Crippen molar-refractivity contribution in [2.45, 2.75) is 25.3 Å². The van der Waals surface area contributed by atoms with Gasteiger partial charge in [0.2, 0.25) is 5.91 Å². The SMILES string of the molecule is O=C(CCOc1ccc(Br)c(F)c1)NC1CC1. The zero-order chi connectivity index (χ0) is 12.3. The summed E-state index contributed by atoms with van der Waals surface area (Å²) in [6.07, 6.45) is 2.45. The first-order valence-electron chi connectivity index (χ1n) is 5.52. The van der Waals surface area contributed by atoms with Gasteiger partial charge in [-0.05, 0) is 40.9 Å². The number of carbonyl (C=O) groups is 1. The van der Waals surface area contributed by atoms with Gasteiger partial charge in [0.1, 0.15) is 11.6 Å². The smallest absolute Gasteiger partial charge is 0.223 e. The quantitative estimate of drug-likeness (QED) is 0.908. The molecule has 0 saturated heterocycles. The van der Waals surface area contributed by atoms with Gasteiger partial charge in [-0.3, -0.25) is 4.79 Å². The summed E-state index contributed by atoms with van der Waals surface area (Å²) < 4.78 is 18.8. The standard InChI is InChI=1S/C12H13BrFNO2/c13-10-4-3-9(7-11(10)14)17-6-5-12(16)15-8-1-2-8/h3-4,7-8H,1-2,5-6H2,(H,15,16). The van der Waals surface area contributed by atoms with Crippen LogP contribution in [0.3, 0.4) is 0 Å². The molecule has 0 unspecified atom stereocenters. The molecule has 0 bridgehead atoms. The minimum Gasteiger partial charge on any atom is -0.493 e. The van der Waals surface area contributed by atoms with Crippen LogP contribution >= 0.6 is 15.9 Å². The second-order valence-electron chi connectivity index (χ2n) is 4.02. The Balaban J connectivity index is 1.73. The van der Waals surface area contributed by atoms with Crippen LogP contribution in [0.2, 0.25) is 0 Å². The summed E-state index contributed by atoms with van der Waals surface area (Å²) in [6.45, 7) is 0.264. The Labute approximate surface area is 107 Å². The normalized spacial score (nSPS) is 14.5. The van der Waals surface area contributed by atoms with Crippen LogP contribution in [0.1, 0.15) is 19.3 Å². The van der Waals surface area contributed by atoms with E-state index >= 15 is 0 Å². The van der Waals surface area contributed by atoms with E-state index in [0.717, 1.165) is 12.8 Å². The maximum atomic E-state index is 13.1. The molecule has 2 rings (SSSR count). The lowest BCUT2D eigenvalue weighted by atomic mass is 10.3. The first-order chi connectivity index (χ1) is 8.15. The molecule has 1 aliphatic rings. The van der Waals surface area contributed by atoms with Gasteiger partial charge in [0.25, 0.3) is 0 Å². The van der Waals surface area contributed by atoms with Crippen LogP contribution < -0.4 is 10.1 Å². The van der Waals surface area contributed by atoms with E-state index < -0.39 is 0 Å². The van der Waals surface area contributed by atoms with Gasteiger partial charge in [0.05, 0.1) is 17.5 Å². The molecule has 1 amide bonds. The molecule has 0 radical (unpaired) electrons. The monoisotopic (exact) mass is 301 g/mol. The van der Waals surface area contributed by atoms with Crippen molar-refractivity contribution >= 4 is 21.8 Å². The largest absolute Gasteiger partial charge is 0.493 e. The van der Waals surface area contributed by atoms with E-state index in [0.29, 0.717) is 22.7 Å². The van der Waals surface area contributed by atoms with Crippen molar-refractivity contribution in [3.8, 4) is 5.75 Å². The van der Waals surface area contributed by atoms with Crippen LogP contribution in [-0.4, -0.2) is 18.6 Å². The van der Waals surface area contributed by atoms with Gasteiger partial charge >= 0.3 is 0 Å². The van der Waals surface area contributed by atoms with E-state index in [9.17, 15) is 9.18 Å². The molecule has 92 valence electrons. The predicted molar refractivity (Wildman–Crippen MR) is 65.4 cm³/mol. The first kappa shape index (κ1) is 12.4. The fourth-order valence-corrected chi connectivity index (χ4v) is 1.60. The van der Waals surface area contributed by atoms with Crippen LogP contribution in [0.15, 0.2) is 22.7 Å². The third-order valence-electron chi connectivity index (χ3n) is 2.43. The maximum Gasteiger partial charge on any atom is 0.223 e. The lowest BCUT2D eigenvalue weighted by Gasteiger charge is -2.07. The zero-order valence-electron chi connectivity index (χ0n) is 9.21. The molecule has 1 aromatic carbocycles. The fourth-order valence-electron chi connectivity index (χ4n) is 1.36. The number of halogens is 2. The average Bonchev–Trinajstić information content (AvgIpc) is 3.07. The number of hydrogen-bond acceptors (Lipinski definition) is 2. The van der Waals surface area contributed by atoms with Crippen molar-refractivity contribution in [1.29, 1.82) is 0 Å². The number of nitrogens with one attached hydrogen (secondary N) is 1. The summed E-state index contributed by atoms with van der Waals surface area (Å²) in [5, 5.41) is 2.86. The van der Waals surface area contributed by atoms with Crippen molar-refractivity contribution in [3.05, 3.63) is 28.5 Å². The number of amides is 1. The van der Waals surface area contributed by atoms with E-state index in [1.165, 1.54) is 6.07 Å². The molecular formula is C12H13BrFNO2. The van der Waals surface area contributed by atoms with Crippen LogP contribution in [0, 0.1) is 5.82 Å². The number of hydrogen-bond donors (Lipinski definition) is 1. The molecule has 0 aliphatic heterocycles. The third-order valence-corrected chi connectivity index (χ3v) is 3.07. The second-order valence-corrected chi connectivity index (χ2v) is 4.87. The molecule has 0 spiro atoms. The Morgan fingerprint density at radius 3 is 2.94 bits per heavy atom. The third kappa shape index (κ3) is 4.00. The van der Waals surface area contributed by atoms with Crippen LogP contribution in [0.4, 0.5) is 4.39 Å². The molecule has 0 heterocycles. The molecule has 1 aromatic rings. The summed E-state index contributed by atoms with van der Waals surface area (Å²) in [4.78, 5) is 11.3. The first-order valence-corrected chi connectivity index (χ1v) is 6.31. The van der Waals surface area contributed by atoms with Crippen molar-refractivity contribution in [3.63, 3.8) is 0 Å². The molecule has 0 atom stereocenters. The van der Waals surface area contributed by atoms with E-state index in [1.54, 1.807) is 12.1 Å². The highest BCUT2D eigenvalue weighted by molar-refractivity contribution is 9.10. The molecule has 1 fully saturated rings. The van der Waals surface area contributed by atoms with Gasteiger partial charge in [-0.15, -0.1) is 0 Å². The van der Waals surface area contributed by atoms with E-state index in [4.69, 9.17) is 4.74 Å². The molecule has 3 nitrogen and oxygen atoms in total. The Morgan fingerprint density at radius 2 is 2.29 bits per heavy atom. The summed E-state index contributed by atoms with van der Waals surface area (Å²) >= 11 is 3.06. The van der Waals surface area contributed by atoms with E-state index in [1.807, 2.05) is 0 Å². The van der Waals surface area contributed by atoms with Crippen LogP contribution in [0.5, 0.6) is 5.75 Å². The Bertz CT molecular complexity index is 421. The summed E-state index contributed by atoms with van der Waals surface area (Å²) in [7, 11) is 0. The fraction of sp³-hybridized carbons (Fsp3) is 0.417. The highest BCUT2D eigenvalue weighted by Crippen LogP contribution is 2.21. The average molecular weight is 302 g/mol. The number of carbonyl (C=O) groups excluding carboxylic acids is 1. The van der Waals surface area contributed by atoms with Gasteiger partial charge in [0, 0.05) is 12.1 Å². The summed E-state index contributed by atoms with van der Waals surface area (Å²) in [5.74, 6) is 0.0555. The topological polar surface area (TPSA) is 38.3 Å². The minimum absolute atomic E-state index is 0.00918. The Hall–Kier alpha value is -1.10. The van der Waals surface area contributed by atoms with Crippen molar-refractivity contribution in [1.82, 2.24) is 5.32 Å². The minimum atomic E-state index is -0.370. The van der Waals surface area contributed by atoms with Gasteiger partial charge in [-0.25, -0.2) is 4.39 Å². The number of benzene rings is 1. The van der Waals surface area contributed by atoms with Gasteiger partial charge in [-0.2, -0.15) is 0 Å².